The molecule has 138 valence electrons. The van der Waals surface area contributed by atoms with Crippen molar-refractivity contribution in [3.05, 3.63) is 23.8 Å². The van der Waals surface area contributed by atoms with Gasteiger partial charge in [0.25, 0.3) is 0 Å². The normalized spacial score (nSPS) is 22.9. The topological polar surface area (TPSA) is 70.7 Å². The van der Waals surface area contributed by atoms with Crippen molar-refractivity contribution < 1.29 is 14.3 Å². The van der Waals surface area contributed by atoms with Gasteiger partial charge in [-0.15, -0.1) is 0 Å². The molecule has 0 aromatic carbocycles. The zero-order chi connectivity index (χ0) is 17.5. The van der Waals surface area contributed by atoms with Gasteiger partial charge >= 0.3 is 12.0 Å². The highest BCUT2D eigenvalue weighted by Gasteiger charge is 2.43. The molecule has 2 amide bonds. The summed E-state index contributed by atoms with van der Waals surface area (Å²) in [6, 6.07) is -0.142. The highest BCUT2D eigenvalue weighted by Crippen LogP contribution is 2.30. The fraction of sp³-hybridized carbons (Fsp3) is 0.684. The van der Waals surface area contributed by atoms with Crippen LogP contribution in [-0.2, 0) is 9.53 Å². The molecule has 0 atom stereocenters. The molecule has 0 aromatic rings. The fourth-order valence-corrected chi connectivity index (χ4v) is 3.75. The van der Waals surface area contributed by atoms with E-state index in [0.717, 1.165) is 50.8 Å². The molecule has 6 heteroatoms. The van der Waals surface area contributed by atoms with Crippen molar-refractivity contribution in [3.63, 3.8) is 0 Å². The van der Waals surface area contributed by atoms with Crippen molar-refractivity contribution in [3.8, 4) is 0 Å². The summed E-state index contributed by atoms with van der Waals surface area (Å²) in [6.45, 7) is 3.24. The van der Waals surface area contributed by atoms with Gasteiger partial charge in [0.15, 0.2) is 0 Å². The summed E-state index contributed by atoms with van der Waals surface area (Å²) in [6.07, 6.45) is 12.6. The molecule has 1 saturated carbocycles. The quantitative estimate of drug-likeness (QED) is 0.764. The van der Waals surface area contributed by atoms with Crippen LogP contribution < -0.4 is 10.6 Å². The second-order valence-electron chi connectivity index (χ2n) is 7.14. The van der Waals surface area contributed by atoms with Gasteiger partial charge in [-0.2, -0.15) is 0 Å². The smallest absolute Gasteiger partial charge is 0.332 e. The maximum Gasteiger partial charge on any atom is 0.332 e. The molecule has 3 aliphatic rings. The minimum Gasteiger partial charge on any atom is -0.459 e. The lowest BCUT2D eigenvalue weighted by Crippen LogP contribution is -2.61. The summed E-state index contributed by atoms with van der Waals surface area (Å²) in [5.41, 5.74) is 0.179. The zero-order valence-electron chi connectivity index (χ0n) is 14.9. The fourth-order valence-electron chi connectivity index (χ4n) is 3.75. The zero-order valence-corrected chi connectivity index (χ0v) is 14.9. The first-order valence-electron chi connectivity index (χ1n) is 9.50. The molecule has 1 heterocycles. The Morgan fingerprint density at radius 2 is 1.92 bits per heavy atom. The number of carbonyl (C=O) groups excluding carboxylic acids is 2. The standard InChI is InChI=1S/C19H29N3O3/c23-17(25-15-16-7-3-1-4-8-16)19(9-5-2-6-10-19)21-18(24)22-13-11-20-12-14-22/h3,7-8,20H,1-2,4-6,9-15H2,(H,21,24). The van der Waals surface area contributed by atoms with Crippen molar-refractivity contribution >= 4 is 12.0 Å². The van der Waals surface area contributed by atoms with Crippen LogP contribution in [0.5, 0.6) is 0 Å². The average molecular weight is 347 g/mol. The van der Waals surface area contributed by atoms with E-state index >= 15 is 0 Å². The highest BCUT2D eigenvalue weighted by molar-refractivity contribution is 5.87. The second kappa shape index (κ2) is 8.52. The molecule has 6 nitrogen and oxygen atoms in total. The number of nitrogens with one attached hydrogen (secondary N) is 2. The number of allylic oxidation sites excluding steroid dienone is 2. The van der Waals surface area contributed by atoms with E-state index in [1.807, 2.05) is 6.08 Å². The number of ether oxygens (including phenoxy) is 1. The molecule has 0 spiro atoms. The number of rotatable bonds is 4. The van der Waals surface area contributed by atoms with Crippen LogP contribution in [-0.4, -0.2) is 55.2 Å². The maximum atomic E-state index is 12.9. The van der Waals surface area contributed by atoms with Gasteiger partial charge in [0.05, 0.1) is 0 Å². The lowest BCUT2D eigenvalue weighted by molar-refractivity contribution is -0.151. The van der Waals surface area contributed by atoms with Gasteiger partial charge in [0, 0.05) is 26.2 Å². The molecule has 2 fully saturated rings. The van der Waals surface area contributed by atoms with E-state index in [2.05, 4.69) is 22.8 Å². The minimum absolute atomic E-state index is 0.142. The highest BCUT2D eigenvalue weighted by atomic mass is 16.5. The molecule has 2 aliphatic carbocycles. The number of esters is 1. The van der Waals surface area contributed by atoms with Crippen LogP contribution in [0, 0.1) is 0 Å². The molecule has 1 aliphatic heterocycles. The second-order valence-corrected chi connectivity index (χ2v) is 7.14. The van der Waals surface area contributed by atoms with Crippen molar-refractivity contribution in [2.75, 3.05) is 32.8 Å². The van der Waals surface area contributed by atoms with Crippen molar-refractivity contribution in [1.82, 2.24) is 15.5 Å². The van der Waals surface area contributed by atoms with E-state index in [-0.39, 0.29) is 12.0 Å². The van der Waals surface area contributed by atoms with Gasteiger partial charge < -0.3 is 20.3 Å². The summed E-state index contributed by atoms with van der Waals surface area (Å²) in [7, 11) is 0. The van der Waals surface area contributed by atoms with E-state index in [9.17, 15) is 9.59 Å². The summed E-state index contributed by atoms with van der Waals surface area (Å²) in [5.74, 6) is -0.282. The van der Waals surface area contributed by atoms with Gasteiger partial charge in [-0.05, 0) is 31.3 Å². The number of piperazine rings is 1. The number of hydrogen-bond donors (Lipinski definition) is 2. The Morgan fingerprint density at radius 1 is 1.16 bits per heavy atom. The summed E-state index contributed by atoms with van der Waals surface area (Å²) < 4.78 is 5.61. The molecule has 3 rings (SSSR count). The van der Waals surface area contributed by atoms with Crippen LogP contribution in [0.2, 0.25) is 0 Å². The number of nitrogens with zero attached hydrogens (tertiary/aromatic N) is 1. The third kappa shape index (κ3) is 4.63. The van der Waals surface area contributed by atoms with Crippen LogP contribution in [0.3, 0.4) is 0 Å². The maximum absolute atomic E-state index is 12.9. The SMILES string of the molecule is O=C(NC1(C(=O)OCC2=CCCC=C2)CCCCC1)N1CCNCC1. The molecular formula is C19H29N3O3. The number of amides is 2. The molecule has 0 bridgehead atoms. The Labute approximate surface area is 149 Å². The molecule has 0 unspecified atom stereocenters. The number of urea groups is 1. The molecule has 2 N–H and O–H groups in total. The molecule has 25 heavy (non-hydrogen) atoms. The van der Waals surface area contributed by atoms with Crippen LogP contribution in [0.25, 0.3) is 0 Å². The predicted octanol–water partition coefficient (Wildman–Crippen LogP) is 2.12. The van der Waals surface area contributed by atoms with Gasteiger partial charge in [-0.1, -0.05) is 37.5 Å². The summed E-state index contributed by atoms with van der Waals surface area (Å²) >= 11 is 0. The number of hydrogen-bond acceptors (Lipinski definition) is 4. The third-order valence-electron chi connectivity index (χ3n) is 5.29. The Hall–Kier alpha value is -1.82. The molecular weight excluding hydrogens is 318 g/mol. The van der Waals surface area contributed by atoms with E-state index in [0.29, 0.717) is 32.5 Å². The van der Waals surface area contributed by atoms with Gasteiger partial charge in [0.1, 0.15) is 12.1 Å². The summed E-state index contributed by atoms with van der Waals surface area (Å²) in [4.78, 5) is 27.3. The van der Waals surface area contributed by atoms with Crippen molar-refractivity contribution in [1.29, 1.82) is 0 Å². The summed E-state index contributed by atoms with van der Waals surface area (Å²) in [5, 5.41) is 6.27. The van der Waals surface area contributed by atoms with Crippen LogP contribution in [0.15, 0.2) is 23.8 Å². The lowest BCUT2D eigenvalue weighted by atomic mass is 9.81. The molecule has 0 aromatic heterocycles. The van der Waals surface area contributed by atoms with E-state index < -0.39 is 5.54 Å². The third-order valence-corrected chi connectivity index (χ3v) is 5.29. The molecule has 1 saturated heterocycles. The van der Waals surface area contributed by atoms with Gasteiger partial charge in [0.2, 0.25) is 0 Å². The monoisotopic (exact) mass is 347 g/mol. The lowest BCUT2D eigenvalue weighted by Gasteiger charge is -2.38. The minimum atomic E-state index is -0.862. The first-order valence-corrected chi connectivity index (χ1v) is 9.50. The number of carbonyl (C=O) groups is 2. The Balaban J connectivity index is 1.62. The van der Waals surface area contributed by atoms with Gasteiger partial charge in [-0.3, -0.25) is 0 Å². The molecule has 0 radical (unpaired) electrons. The Morgan fingerprint density at radius 3 is 2.60 bits per heavy atom. The largest absolute Gasteiger partial charge is 0.459 e. The van der Waals surface area contributed by atoms with E-state index in [1.54, 1.807) is 4.90 Å². The van der Waals surface area contributed by atoms with Crippen LogP contribution >= 0.6 is 0 Å². The Kier molecular flexibility index (Phi) is 6.13. The average Bonchev–Trinajstić information content (AvgIpc) is 2.68. The van der Waals surface area contributed by atoms with E-state index in [4.69, 9.17) is 4.74 Å². The first-order chi connectivity index (χ1) is 12.2. The van der Waals surface area contributed by atoms with E-state index in [1.165, 1.54) is 0 Å². The first kappa shape index (κ1) is 18.0. The van der Waals surface area contributed by atoms with Crippen LogP contribution in [0.1, 0.15) is 44.9 Å². The van der Waals surface area contributed by atoms with Crippen molar-refractivity contribution in [2.24, 2.45) is 0 Å². The van der Waals surface area contributed by atoms with Crippen LogP contribution in [0.4, 0.5) is 4.79 Å². The Bertz CT molecular complexity index is 544. The van der Waals surface area contributed by atoms with Crippen molar-refractivity contribution in [2.45, 2.75) is 50.5 Å². The van der Waals surface area contributed by atoms with Gasteiger partial charge in [-0.25, -0.2) is 9.59 Å². The predicted molar refractivity (Wildman–Crippen MR) is 96.2 cm³/mol.